The van der Waals surface area contributed by atoms with Gasteiger partial charge in [0.1, 0.15) is 11.5 Å². The van der Waals surface area contributed by atoms with Crippen molar-refractivity contribution >= 4 is 12.1 Å². The molecule has 7 nitrogen and oxygen atoms in total. The number of aromatic nitrogens is 2. The first-order valence-electron chi connectivity index (χ1n) is 6.56. The molecule has 1 heterocycles. The summed E-state index contributed by atoms with van der Waals surface area (Å²) in [4.78, 5) is 12.0. The topological polar surface area (TPSA) is 111 Å². The Morgan fingerprint density at radius 2 is 2.24 bits per heavy atom. The summed E-state index contributed by atoms with van der Waals surface area (Å²) in [5, 5.41) is 29.4. The number of aryl methyl sites for hydroxylation is 1. The molecule has 0 bridgehead atoms. The van der Waals surface area contributed by atoms with E-state index in [0.717, 1.165) is 30.5 Å². The summed E-state index contributed by atoms with van der Waals surface area (Å²) in [7, 11) is 0. The summed E-state index contributed by atoms with van der Waals surface area (Å²) < 4.78 is 0. The molecule has 0 fully saturated rings. The van der Waals surface area contributed by atoms with Crippen LogP contribution in [0.4, 0.5) is 0 Å². The molecule has 0 saturated carbocycles. The Hall–Kier alpha value is -2.83. The van der Waals surface area contributed by atoms with Gasteiger partial charge >= 0.3 is 0 Å². The lowest BCUT2D eigenvalue weighted by Crippen LogP contribution is -2.19. The third-order valence-electron chi connectivity index (χ3n) is 3.41. The van der Waals surface area contributed by atoms with Crippen LogP contribution in [0.3, 0.4) is 0 Å². The number of aromatic hydroxyl groups is 2. The van der Waals surface area contributed by atoms with Crippen LogP contribution in [0.15, 0.2) is 23.3 Å². The van der Waals surface area contributed by atoms with E-state index in [0.29, 0.717) is 11.3 Å². The molecule has 4 N–H and O–H groups in total. The first-order valence-corrected chi connectivity index (χ1v) is 6.56. The van der Waals surface area contributed by atoms with Crippen molar-refractivity contribution in [2.45, 2.75) is 19.3 Å². The van der Waals surface area contributed by atoms with Crippen molar-refractivity contribution in [1.29, 1.82) is 0 Å². The summed E-state index contributed by atoms with van der Waals surface area (Å²) in [5.74, 6) is -0.543. The van der Waals surface area contributed by atoms with Gasteiger partial charge in [0.2, 0.25) is 0 Å². The summed E-state index contributed by atoms with van der Waals surface area (Å²) in [6, 6.07) is 4.11. The smallest absolute Gasteiger partial charge is 0.292 e. The largest absolute Gasteiger partial charge is 0.508 e. The predicted molar refractivity (Wildman–Crippen MR) is 75.4 cm³/mol. The fourth-order valence-electron chi connectivity index (χ4n) is 2.36. The van der Waals surface area contributed by atoms with Gasteiger partial charge in [-0.25, -0.2) is 5.43 Å². The highest BCUT2D eigenvalue weighted by atomic mass is 16.3. The summed E-state index contributed by atoms with van der Waals surface area (Å²) in [5.41, 5.74) is 5.11. The molecule has 7 heteroatoms. The number of nitrogens with zero attached hydrogens (tertiary/aromatic N) is 2. The fraction of sp³-hybridized carbons (Fsp3) is 0.214. The van der Waals surface area contributed by atoms with Gasteiger partial charge in [-0.05, 0) is 31.4 Å². The van der Waals surface area contributed by atoms with Crippen LogP contribution in [0.2, 0.25) is 0 Å². The lowest BCUT2D eigenvalue weighted by molar-refractivity contribution is 0.0949. The number of aromatic amines is 1. The van der Waals surface area contributed by atoms with Gasteiger partial charge in [0.05, 0.1) is 6.21 Å². The van der Waals surface area contributed by atoms with Crippen LogP contribution >= 0.6 is 0 Å². The summed E-state index contributed by atoms with van der Waals surface area (Å²) >= 11 is 0. The van der Waals surface area contributed by atoms with Gasteiger partial charge in [-0.15, -0.1) is 0 Å². The maximum Gasteiger partial charge on any atom is 0.292 e. The van der Waals surface area contributed by atoms with Crippen LogP contribution in [0.1, 0.15) is 33.7 Å². The second-order valence-electron chi connectivity index (χ2n) is 4.83. The molecule has 1 aliphatic rings. The summed E-state index contributed by atoms with van der Waals surface area (Å²) in [6.07, 6.45) is 4.09. The van der Waals surface area contributed by atoms with Crippen LogP contribution in [-0.4, -0.2) is 32.5 Å². The Morgan fingerprint density at radius 1 is 1.38 bits per heavy atom. The molecular formula is C14H14N4O3. The number of phenols is 2. The summed E-state index contributed by atoms with van der Waals surface area (Å²) in [6.45, 7) is 0. The second kappa shape index (κ2) is 5.28. The van der Waals surface area contributed by atoms with Crippen molar-refractivity contribution in [1.82, 2.24) is 15.6 Å². The number of hydrogen-bond donors (Lipinski definition) is 4. The maximum absolute atomic E-state index is 12.0. The predicted octanol–water partition coefficient (Wildman–Crippen LogP) is 1.07. The van der Waals surface area contributed by atoms with E-state index in [-0.39, 0.29) is 17.4 Å². The van der Waals surface area contributed by atoms with Crippen LogP contribution < -0.4 is 5.43 Å². The van der Waals surface area contributed by atoms with E-state index >= 15 is 0 Å². The average molecular weight is 286 g/mol. The number of hydrazone groups is 1. The number of carbonyl (C=O) groups is 1. The minimum Gasteiger partial charge on any atom is -0.508 e. The minimum absolute atomic E-state index is 0.0410. The number of H-pyrrole nitrogens is 1. The van der Waals surface area contributed by atoms with E-state index in [9.17, 15) is 15.0 Å². The number of hydrogen-bond acceptors (Lipinski definition) is 5. The molecular weight excluding hydrogens is 272 g/mol. The molecule has 0 unspecified atom stereocenters. The Kier molecular flexibility index (Phi) is 3.31. The van der Waals surface area contributed by atoms with Gasteiger partial charge in [-0.1, -0.05) is 0 Å². The molecule has 0 radical (unpaired) electrons. The number of benzene rings is 1. The van der Waals surface area contributed by atoms with Crippen LogP contribution in [0.5, 0.6) is 11.5 Å². The molecule has 2 aromatic rings. The van der Waals surface area contributed by atoms with Crippen molar-refractivity contribution < 1.29 is 15.0 Å². The molecule has 1 aromatic heterocycles. The van der Waals surface area contributed by atoms with Gasteiger partial charge in [0, 0.05) is 22.9 Å². The van der Waals surface area contributed by atoms with Gasteiger partial charge < -0.3 is 10.2 Å². The Labute approximate surface area is 120 Å². The molecule has 0 spiro atoms. The van der Waals surface area contributed by atoms with E-state index < -0.39 is 0 Å². The Balaban J connectivity index is 1.69. The molecule has 1 aliphatic carbocycles. The zero-order valence-corrected chi connectivity index (χ0v) is 11.1. The standard InChI is InChI=1S/C14H14N4O3/c19-9-5-4-8(12(20)6-9)7-15-18-14(21)13-10-2-1-3-11(10)16-17-13/h4-7,19-20H,1-3H2,(H,16,17)(H,18,21)/b15-7-. The molecule has 1 aromatic carbocycles. The van der Waals surface area contributed by atoms with Crippen molar-refractivity contribution in [2.75, 3.05) is 0 Å². The van der Waals surface area contributed by atoms with Gasteiger partial charge in [0.15, 0.2) is 5.69 Å². The van der Waals surface area contributed by atoms with E-state index in [4.69, 9.17) is 0 Å². The zero-order valence-electron chi connectivity index (χ0n) is 11.1. The number of carbonyl (C=O) groups excluding carboxylic acids is 1. The van der Waals surface area contributed by atoms with E-state index in [1.165, 1.54) is 24.4 Å². The average Bonchev–Trinajstić information content (AvgIpc) is 3.03. The zero-order chi connectivity index (χ0) is 14.8. The van der Waals surface area contributed by atoms with Crippen molar-refractivity contribution in [3.63, 3.8) is 0 Å². The van der Waals surface area contributed by atoms with Crippen LogP contribution in [0, 0.1) is 0 Å². The molecule has 0 aliphatic heterocycles. The first-order chi connectivity index (χ1) is 10.1. The highest BCUT2D eigenvalue weighted by Gasteiger charge is 2.22. The third kappa shape index (κ3) is 2.58. The molecule has 108 valence electrons. The minimum atomic E-state index is -0.385. The number of nitrogens with one attached hydrogen (secondary N) is 2. The molecule has 0 atom stereocenters. The highest BCUT2D eigenvalue weighted by Crippen LogP contribution is 2.23. The van der Waals surface area contributed by atoms with E-state index in [1.54, 1.807) is 0 Å². The second-order valence-corrected chi connectivity index (χ2v) is 4.83. The normalized spacial score (nSPS) is 13.5. The molecule has 1 amide bonds. The number of amides is 1. The maximum atomic E-state index is 12.0. The fourth-order valence-corrected chi connectivity index (χ4v) is 2.36. The van der Waals surface area contributed by atoms with E-state index in [2.05, 4.69) is 20.7 Å². The first kappa shape index (κ1) is 13.2. The van der Waals surface area contributed by atoms with Crippen LogP contribution in [-0.2, 0) is 12.8 Å². The van der Waals surface area contributed by atoms with Crippen molar-refractivity contribution in [2.24, 2.45) is 5.10 Å². The van der Waals surface area contributed by atoms with Gasteiger partial charge in [-0.3, -0.25) is 9.89 Å². The number of rotatable bonds is 3. The lowest BCUT2D eigenvalue weighted by atomic mass is 10.2. The number of phenolic OH excluding ortho intramolecular Hbond substituents is 2. The Morgan fingerprint density at radius 3 is 3.05 bits per heavy atom. The number of fused-ring (bicyclic) bond motifs is 1. The van der Waals surface area contributed by atoms with Crippen molar-refractivity contribution in [3.05, 3.63) is 40.7 Å². The van der Waals surface area contributed by atoms with Crippen molar-refractivity contribution in [3.8, 4) is 11.5 Å². The SMILES string of the molecule is O=C(N/N=C\c1ccc(O)cc1O)c1n[nH]c2c1CCC2. The Bertz CT molecular complexity index is 721. The quantitative estimate of drug-likeness (QED) is 0.499. The molecule has 0 saturated heterocycles. The van der Waals surface area contributed by atoms with Gasteiger partial charge in [0.25, 0.3) is 5.91 Å². The molecule has 3 rings (SSSR count). The third-order valence-corrected chi connectivity index (χ3v) is 3.41. The monoisotopic (exact) mass is 286 g/mol. The highest BCUT2D eigenvalue weighted by molar-refractivity contribution is 5.95. The lowest BCUT2D eigenvalue weighted by Gasteiger charge is -2.00. The molecule has 21 heavy (non-hydrogen) atoms. The van der Waals surface area contributed by atoms with Gasteiger partial charge in [-0.2, -0.15) is 10.2 Å². The van der Waals surface area contributed by atoms with E-state index in [1.807, 2.05) is 0 Å². The van der Waals surface area contributed by atoms with Crippen LogP contribution in [0.25, 0.3) is 0 Å².